The second-order valence-corrected chi connectivity index (χ2v) is 6.71. The number of para-hydroxylation sites is 1. The molecule has 0 bridgehead atoms. The maximum Gasteiger partial charge on any atom is 0.256 e. The lowest BCUT2D eigenvalue weighted by atomic mass is 9.88. The average Bonchev–Trinajstić information content (AvgIpc) is 2.98. The van der Waals surface area contributed by atoms with Crippen LogP contribution in [0.1, 0.15) is 36.1 Å². The van der Waals surface area contributed by atoms with Crippen molar-refractivity contribution in [1.29, 1.82) is 0 Å². The zero-order valence-corrected chi connectivity index (χ0v) is 13.9. The number of rotatable bonds is 1. The molecule has 5 rings (SSSR count). The van der Waals surface area contributed by atoms with Gasteiger partial charge in [0.25, 0.3) is 5.56 Å². The number of carbonyl (C=O) groups is 1. The molecule has 2 aliphatic rings. The van der Waals surface area contributed by atoms with Gasteiger partial charge in [-0.2, -0.15) is 0 Å². The Labute approximate surface area is 144 Å². The van der Waals surface area contributed by atoms with E-state index >= 15 is 0 Å². The fourth-order valence-corrected chi connectivity index (χ4v) is 4.07. The molecule has 0 saturated heterocycles. The first-order chi connectivity index (χ1) is 12.2. The van der Waals surface area contributed by atoms with E-state index in [4.69, 9.17) is 4.98 Å². The molecule has 4 heterocycles. The Hall–Kier alpha value is -2.95. The van der Waals surface area contributed by atoms with E-state index in [1.807, 2.05) is 37.3 Å². The van der Waals surface area contributed by atoms with Crippen LogP contribution >= 0.6 is 0 Å². The van der Waals surface area contributed by atoms with Crippen molar-refractivity contribution in [3.05, 3.63) is 63.6 Å². The van der Waals surface area contributed by atoms with Crippen LogP contribution in [0.5, 0.6) is 0 Å². The molecule has 0 fully saturated rings. The smallest absolute Gasteiger partial charge is 0.256 e. The quantitative estimate of drug-likeness (QED) is 0.583. The number of benzene rings is 1. The number of hydrogen-bond donors (Lipinski definition) is 1. The van der Waals surface area contributed by atoms with Crippen LogP contribution in [-0.2, 0) is 17.9 Å². The molecule has 0 spiro atoms. The Bertz CT molecular complexity index is 1110. The van der Waals surface area contributed by atoms with Gasteiger partial charge in [0.15, 0.2) is 0 Å². The molecule has 2 aromatic heterocycles. The highest BCUT2D eigenvalue weighted by Gasteiger charge is 2.32. The average molecular weight is 331 g/mol. The molecule has 1 N–H and O–H groups in total. The van der Waals surface area contributed by atoms with E-state index in [0.29, 0.717) is 25.1 Å². The Balaban J connectivity index is 1.79. The van der Waals surface area contributed by atoms with Crippen molar-refractivity contribution in [2.24, 2.45) is 0 Å². The summed E-state index contributed by atoms with van der Waals surface area (Å²) in [6.45, 7) is 2.79. The molecule has 3 aromatic rings. The van der Waals surface area contributed by atoms with Crippen molar-refractivity contribution < 1.29 is 4.79 Å². The van der Waals surface area contributed by atoms with Crippen LogP contribution in [0.3, 0.4) is 0 Å². The molecule has 5 heteroatoms. The lowest BCUT2D eigenvalue weighted by molar-refractivity contribution is -0.123. The molecule has 25 heavy (non-hydrogen) atoms. The Kier molecular flexibility index (Phi) is 2.89. The number of nitrogens with one attached hydrogen (secondary N) is 1. The number of carbonyl (C=O) groups excluding carboxylic acids is 1. The van der Waals surface area contributed by atoms with Gasteiger partial charge in [0.2, 0.25) is 5.91 Å². The van der Waals surface area contributed by atoms with Gasteiger partial charge in [0, 0.05) is 23.1 Å². The van der Waals surface area contributed by atoms with Crippen LogP contribution in [0.4, 0.5) is 0 Å². The van der Waals surface area contributed by atoms with Gasteiger partial charge in [-0.05, 0) is 30.2 Å². The summed E-state index contributed by atoms with van der Waals surface area (Å²) in [6, 6.07) is 12.1. The van der Waals surface area contributed by atoms with Crippen LogP contribution in [0.15, 0.2) is 41.2 Å². The van der Waals surface area contributed by atoms with Gasteiger partial charge in [-0.15, -0.1) is 0 Å². The van der Waals surface area contributed by atoms with E-state index in [1.165, 1.54) is 0 Å². The minimum atomic E-state index is -0.250. The van der Waals surface area contributed by atoms with Gasteiger partial charge in [-0.3, -0.25) is 14.6 Å². The van der Waals surface area contributed by atoms with Gasteiger partial charge in [0.1, 0.15) is 0 Å². The number of fused-ring (bicyclic) bond motifs is 5. The maximum absolute atomic E-state index is 13.0. The topological polar surface area (TPSA) is 64.0 Å². The zero-order chi connectivity index (χ0) is 17.1. The second-order valence-electron chi connectivity index (χ2n) is 6.71. The van der Waals surface area contributed by atoms with Crippen molar-refractivity contribution in [1.82, 2.24) is 14.9 Å². The largest absolute Gasteiger partial charge is 0.351 e. The van der Waals surface area contributed by atoms with E-state index in [9.17, 15) is 9.59 Å². The number of nitrogens with zero attached hydrogens (tertiary/aromatic N) is 2. The first-order valence-corrected chi connectivity index (χ1v) is 8.60. The predicted octanol–water partition coefficient (Wildman–Crippen LogP) is 2.55. The Morgan fingerprint density at radius 2 is 2.08 bits per heavy atom. The SMILES string of the molecule is CC[C@H]1C(=O)NCc2c1cc1n(c2=O)Cc2nc3ccccc3cc2-1. The maximum atomic E-state index is 13.0. The molecule has 0 radical (unpaired) electrons. The van der Waals surface area contributed by atoms with Crippen LogP contribution in [0.25, 0.3) is 22.2 Å². The molecule has 0 aliphatic carbocycles. The molecular weight excluding hydrogens is 314 g/mol. The highest BCUT2D eigenvalue weighted by Crippen LogP contribution is 2.36. The first kappa shape index (κ1) is 14.4. The molecular formula is C20H17N3O2. The van der Waals surface area contributed by atoms with E-state index in [0.717, 1.165) is 33.4 Å². The minimum absolute atomic E-state index is 0.00648. The highest BCUT2D eigenvalue weighted by atomic mass is 16.2. The fourth-order valence-electron chi connectivity index (χ4n) is 4.07. The van der Waals surface area contributed by atoms with Crippen molar-refractivity contribution in [3.8, 4) is 11.3 Å². The monoisotopic (exact) mass is 331 g/mol. The summed E-state index contributed by atoms with van der Waals surface area (Å²) in [6.07, 6.45) is 0.685. The second kappa shape index (κ2) is 5.02. The van der Waals surface area contributed by atoms with Gasteiger partial charge >= 0.3 is 0 Å². The molecule has 1 atom stereocenters. The number of hydrogen-bond acceptors (Lipinski definition) is 3. The van der Waals surface area contributed by atoms with Gasteiger partial charge in [-0.25, -0.2) is 0 Å². The molecule has 1 amide bonds. The van der Waals surface area contributed by atoms with Gasteiger partial charge < -0.3 is 9.88 Å². The van der Waals surface area contributed by atoms with Gasteiger partial charge in [0.05, 0.1) is 29.4 Å². The summed E-state index contributed by atoms with van der Waals surface area (Å²) in [5, 5.41) is 3.91. The summed E-state index contributed by atoms with van der Waals surface area (Å²) in [4.78, 5) is 30.0. The Morgan fingerprint density at radius 3 is 2.92 bits per heavy atom. The van der Waals surface area contributed by atoms with Crippen LogP contribution in [0.2, 0.25) is 0 Å². The third kappa shape index (κ3) is 1.92. The van der Waals surface area contributed by atoms with Crippen LogP contribution in [0, 0.1) is 0 Å². The molecule has 1 aromatic carbocycles. The minimum Gasteiger partial charge on any atom is -0.351 e. The summed E-state index contributed by atoms with van der Waals surface area (Å²) in [7, 11) is 0. The zero-order valence-electron chi connectivity index (χ0n) is 13.9. The van der Waals surface area contributed by atoms with Crippen molar-refractivity contribution in [2.45, 2.75) is 32.4 Å². The highest BCUT2D eigenvalue weighted by molar-refractivity contribution is 5.88. The number of amides is 1. The summed E-state index contributed by atoms with van der Waals surface area (Å²) < 4.78 is 1.79. The normalized spacial score (nSPS) is 17.8. The van der Waals surface area contributed by atoms with Crippen molar-refractivity contribution >= 4 is 16.8 Å². The van der Waals surface area contributed by atoms with E-state index in [-0.39, 0.29) is 17.4 Å². The molecule has 0 saturated carbocycles. The lowest BCUT2D eigenvalue weighted by Gasteiger charge is -2.25. The fraction of sp³-hybridized carbons (Fsp3) is 0.250. The number of pyridine rings is 2. The van der Waals surface area contributed by atoms with Gasteiger partial charge in [-0.1, -0.05) is 25.1 Å². The van der Waals surface area contributed by atoms with Crippen molar-refractivity contribution in [2.75, 3.05) is 0 Å². The summed E-state index contributed by atoms with van der Waals surface area (Å²) in [5.74, 6) is -0.242. The van der Waals surface area contributed by atoms with E-state index in [1.54, 1.807) is 4.57 Å². The predicted molar refractivity (Wildman–Crippen MR) is 95.4 cm³/mol. The molecule has 2 aliphatic heterocycles. The molecule has 124 valence electrons. The summed E-state index contributed by atoms with van der Waals surface area (Å²) in [5.41, 5.74) is 5.33. The van der Waals surface area contributed by atoms with E-state index < -0.39 is 0 Å². The third-order valence-electron chi connectivity index (χ3n) is 5.36. The van der Waals surface area contributed by atoms with E-state index in [2.05, 4.69) is 11.4 Å². The Morgan fingerprint density at radius 1 is 1.24 bits per heavy atom. The van der Waals surface area contributed by atoms with Crippen LogP contribution in [-0.4, -0.2) is 15.5 Å². The first-order valence-electron chi connectivity index (χ1n) is 8.60. The third-order valence-corrected chi connectivity index (χ3v) is 5.36. The standard InChI is InChI=1S/C20H17N3O2/c1-2-12-13-8-18-14-7-11-5-3-4-6-16(11)22-17(14)10-23(18)20(25)15(13)9-21-19(12)24/h3-8,12H,2,9-10H2,1H3,(H,21,24)/t12-/m1/s1. The molecule has 5 nitrogen and oxygen atoms in total. The summed E-state index contributed by atoms with van der Waals surface area (Å²) >= 11 is 0. The molecule has 0 unspecified atom stereocenters. The number of aromatic nitrogens is 2. The lowest BCUT2D eigenvalue weighted by Crippen LogP contribution is -2.39. The van der Waals surface area contributed by atoms with Crippen molar-refractivity contribution in [3.63, 3.8) is 0 Å². The van der Waals surface area contributed by atoms with Crippen LogP contribution < -0.4 is 10.9 Å².